The Bertz CT molecular complexity index is 907. The van der Waals surface area contributed by atoms with E-state index in [2.05, 4.69) is 15.5 Å². The minimum Gasteiger partial charge on any atom is -0.497 e. The molecule has 0 saturated heterocycles. The molecular formula is C21H23N3O3S. The average molecular weight is 398 g/mol. The van der Waals surface area contributed by atoms with Gasteiger partial charge in [0.2, 0.25) is 11.7 Å². The highest BCUT2D eigenvalue weighted by atomic mass is 32.2. The number of hydrogen-bond donors (Lipinski definition) is 1. The molecule has 1 atom stereocenters. The summed E-state index contributed by atoms with van der Waals surface area (Å²) in [6, 6.07) is 14.5. The fraction of sp³-hybridized carbons (Fsp3) is 0.286. The summed E-state index contributed by atoms with van der Waals surface area (Å²) in [4.78, 5) is 17.2. The molecule has 3 aromatic rings. The van der Waals surface area contributed by atoms with E-state index in [9.17, 15) is 4.79 Å². The molecule has 146 valence electrons. The minimum absolute atomic E-state index is 0.191. The van der Waals surface area contributed by atoms with Gasteiger partial charge in [0.15, 0.2) is 0 Å². The van der Waals surface area contributed by atoms with Gasteiger partial charge in [0, 0.05) is 11.1 Å². The van der Waals surface area contributed by atoms with Crippen LogP contribution in [0.1, 0.15) is 34.3 Å². The van der Waals surface area contributed by atoms with E-state index >= 15 is 0 Å². The monoisotopic (exact) mass is 397 g/mol. The first-order valence-corrected chi connectivity index (χ1v) is 10.3. The number of methoxy groups -OCH3 is 1. The van der Waals surface area contributed by atoms with E-state index in [0.717, 1.165) is 16.9 Å². The molecule has 28 heavy (non-hydrogen) atoms. The number of amides is 1. The van der Waals surface area contributed by atoms with Crippen LogP contribution in [-0.4, -0.2) is 35.2 Å². The van der Waals surface area contributed by atoms with Gasteiger partial charge in [-0.25, -0.2) is 0 Å². The number of carbonyl (C=O) groups excluding carboxylic acids is 1. The molecule has 0 unspecified atom stereocenters. The zero-order valence-electron chi connectivity index (χ0n) is 16.1. The molecule has 3 rings (SSSR count). The van der Waals surface area contributed by atoms with E-state index in [1.54, 1.807) is 43.1 Å². The molecule has 1 N–H and O–H groups in total. The van der Waals surface area contributed by atoms with Crippen LogP contribution in [0.3, 0.4) is 0 Å². The lowest BCUT2D eigenvalue weighted by molar-refractivity contribution is 0.0927. The predicted molar refractivity (Wildman–Crippen MR) is 111 cm³/mol. The second-order valence-corrected chi connectivity index (χ2v) is 7.34. The molecule has 0 spiro atoms. The smallest absolute Gasteiger partial charge is 0.251 e. The predicted octanol–water partition coefficient (Wildman–Crippen LogP) is 4.28. The molecule has 6 nitrogen and oxygen atoms in total. The Labute approximate surface area is 168 Å². The maximum atomic E-state index is 12.7. The molecule has 0 radical (unpaired) electrons. The summed E-state index contributed by atoms with van der Waals surface area (Å²) in [6.45, 7) is 2.03. The number of nitrogens with one attached hydrogen (secondary N) is 1. The van der Waals surface area contributed by atoms with Crippen LogP contribution in [0.15, 0.2) is 53.1 Å². The Morgan fingerprint density at radius 3 is 2.54 bits per heavy atom. The second kappa shape index (κ2) is 9.41. The fourth-order valence-corrected chi connectivity index (χ4v) is 3.15. The summed E-state index contributed by atoms with van der Waals surface area (Å²) in [5.74, 6) is 2.30. The van der Waals surface area contributed by atoms with Crippen LogP contribution in [0.25, 0.3) is 11.4 Å². The second-order valence-electron chi connectivity index (χ2n) is 6.36. The van der Waals surface area contributed by atoms with Crippen molar-refractivity contribution in [3.63, 3.8) is 0 Å². The number of aryl methyl sites for hydroxylation is 1. The van der Waals surface area contributed by atoms with Gasteiger partial charge in [-0.1, -0.05) is 35.0 Å². The molecule has 1 amide bonds. The first-order valence-electron chi connectivity index (χ1n) is 8.95. The largest absolute Gasteiger partial charge is 0.497 e. The number of thioether (sulfide) groups is 1. The van der Waals surface area contributed by atoms with Gasteiger partial charge >= 0.3 is 0 Å². The van der Waals surface area contributed by atoms with Crippen LogP contribution in [0.2, 0.25) is 0 Å². The van der Waals surface area contributed by atoms with Gasteiger partial charge in [-0.05, 0) is 49.6 Å². The molecule has 1 heterocycles. The maximum absolute atomic E-state index is 12.7. The molecule has 2 aromatic carbocycles. The zero-order valence-corrected chi connectivity index (χ0v) is 17.0. The van der Waals surface area contributed by atoms with Crippen molar-refractivity contribution < 1.29 is 14.1 Å². The topological polar surface area (TPSA) is 77.2 Å². The van der Waals surface area contributed by atoms with Crippen molar-refractivity contribution >= 4 is 17.7 Å². The molecular weight excluding hydrogens is 374 g/mol. The summed E-state index contributed by atoms with van der Waals surface area (Å²) < 4.78 is 10.6. The lowest BCUT2D eigenvalue weighted by Gasteiger charge is -2.14. The number of ether oxygens (including phenoxy) is 1. The van der Waals surface area contributed by atoms with Gasteiger partial charge in [0.05, 0.1) is 7.11 Å². The van der Waals surface area contributed by atoms with Gasteiger partial charge in [0.1, 0.15) is 11.8 Å². The van der Waals surface area contributed by atoms with E-state index in [0.29, 0.717) is 29.4 Å². The quantitative estimate of drug-likeness (QED) is 0.611. The van der Waals surface area contributed by atoms with E-state index in [4.69, 9.17) is 9.26 Å². The number of hydrogen-bond acceptors (Lipinski definition) is 6. The third-order valence-corrected chi connectivity index (χ3v) is 4.96. The van der Waals surface area contributed by atoms with Gasteiger partial charge < -0.3 is 14.6 Å². The van der Waals surface area contributed by atoms with Crippen molar-refractivity contribution in [3.8, 4) is 17.1 Å². The number of rotatable bonds is 8. The van der Waals surface area contributed by atoms with Crippen molar-refractivity contribution in [3.05, 3.63) is 65.5 Å². The standard InChI is InChI=1S/C21H23N3O3S/c1-14-4-6-15(7-5-14)19-23-21(27-24-19)18(12-13-28-3)22-20(25)16-8-10-17(26-2)11-9-16/h4-11,18H,12-13H2,1-3H3,(H,22,25)/t18-/m1/s1. The zero-order chi connectivity index (χ0) is 19.9. The van der Waals surface area contributed by atoms with Crippen molar-refractivity contribution in [2.45, 2.75) is 19.4 Å². The molecule has 0 bridgehead atoms. The number of aromatic nitrogens is 2. The fourth-order valence-electron chi connectivity index (χ4n) is 2.67. The third kappa shape index (κ3) is 4.92. The lowest BCUT2D eigenvalue weighted by atomic mass is 10.1. The van der Waals surface area contributed by atoms with Crippen LogP contribution in [0, 0.1) is 6.92 Å². The molecule has 7 heteroatoms. The molecule has 0 saturated carbocycles. The van der Waals surface area contributed by atoms with Crippen LogP contribution < -0.4 is 10.1 Å². The Hall–Kier alpha value is -2.80. The van der Waals surface area contributed by atoms with E-state index < -0.39 is 0 Å². The van der Waals surface area contributed by atoms with Crippen molar-refractivity contribution in [1.82, 2.24) is 15.5 Å². The van der Waals surface area contributed by atoms with Gasteiger partial charge in [-0.3, -0.25) is 4.79 Å². The SMILES string of the molecule is COc1ccc(C(=O)N[C@H](CCSC)c2nc(-c3ccc(C)cc3)no2)cc1. The summed E-state index contributed by atoms with van der Waals surface area (Å²) in [7, 11) is 1.59. The highest BCUT2D eigenvalue weighted by molar-refractivity contribution is 7.98. The first kappa shape index (κ1) is 19.9. The Morgan fingerprint density at radius 2 is 1.89 bits per heavy atom. The Balaban J connectivity index is 1.77. The highest BCUT2D eigenvalue weighted by Crippen LogP contribution is 2.23. The summed E-state index contributed by atoms with van der Waals surface area (Å²) in [5, 5.41) is 7.09. The average Bonchev–Trinajstić information content (AvgIpc) is 3.21. The van der Waals surface area contributed by atoms with Crippen LogP contribution in [0.4, 0.5) is 0 Å². The molecule has 1 aromatic heterocycles. The first-order chi connectivity index (χ1) is 13.6. The number of carbonyl (C=O) groups is 1. The summed E-state index contributed by atoms with van der Waals surface area (Å²) >= 11 is 1.70. The maximum Gasteiger partial charge on any atom is 0.251 e. The Kier molecular flexibility index (Phi) is 6.71. The molecule has 0 aliphatic carbocycles. The van der Waals surface area contributed by atoms with Crippen molar-refractivity contribution in [2.75, 3.05) is 19.1 Å². The number of benzene rings is 2. The van der Waals surface area contributed by atoms with Crippen LogP contribution >= 0.6 is 11.8 Å². The van der Waals surface area contributed by atoms with E-state index in [1.807, 2.05) is 37.4 Å². The van der Waals surface area contributed by atoms with Crippen molar-refractivity contribution in [2.24, 2.45) is 0 Å². The molecule has 0 aliphatic rings. The lowest BCUT2D eigenvalue weighted by Crippen LogP contribution is -2.29. The molecule has 0 aliphatic heterocycles. The normalized spacial score (nSPS) is 11.8. The number of nitrogens with zero attached hydrogens (tertiary/aromatic N) is 2. The Morgan fingerprint density at radius 1 is 1.18 bits per heavy atom. The van der Waals surface area contributed by atoms with Crippen LogP contribution in [-0.2, 0) is 0 Å². The van der Waals surface area contributed by atoms with Gasteiger partial charge in [-0.2, -0.15) is 16.7 Å². The summed E-state index contributed by atoms with van der Waals surface area (Å²) in [5.41, 5.74) is 2.59. The van der Waals surface area contributed by atoms with Crippen LogP contribution in [0.5, 0.6) is 5.75 Å². The third-order valence-electron chi connectivity index (χ3n) is 4.32. The van der Waals surface area contributed by atoms with E-state index in [-0.39, 0.29) is 11.9 Å². The van der Waals surface area contributed by atoms with Gasteiger partial charge in [0.25, 0.3) is 5.91 Å². The minimum atomic E-state index is -0.353. The summed E-state index contributed by atoms with van der Waals surface area (Å²) in [6.07, 6.45) is 2.71. The molecule has 0 fully saturated rings. The highest BCUT2D eigenvalue weighted by Gasteiger charge is 2.22. The van der Waals surface area contributed by atoms with E-state index in [1.165, 1.54) is 0 Å². The van der Waals surface area contributed by atoms with Gasteiger partial charge in [-0.15, -0.1) is 0 Å². The van der Waals surface area contributed by atoms with Crippen molar-refractivity contribution in [1.29, 1.82) is 0 Å².